The lowest BCUT2D eigenvalue weighted by atomic mass is 9.80. The smallest absolute Gasteiger partial charge is 0.112 e. The van der Waals surface area contributed by atoms with E-state index in [9.17, 15) is 5.21 Å². The molecule has 1 aliphatic heterocycles. The molecule has 0 radical (unpaired) electrons. The Morgan fingerprint density at radius 3 is 1.50 bits per heavy atom. The first kappa shape index (κ1) is 29.0. The van der Waals surface area contributed by atoms with Gasteiger partial charge in [0.05, 0.1) is 12.3 Å². The quantitative estimate of drug-likeness (QED) is 0.317. The Morgan fingerprint density at radius 2 is 1.11 bits per heavy atom. The zero-order valence-corrected chi connectivity index (χ0v) is 24.6. The van der Waals surface area contributed by atoms with Crippen LogP contribution in [0.1, 0.15) is 53.4 Å². The highest BCUT2D eigenvalue weighted by molar-refractivity contribution is 7.95. The molecule has 0 saturated carbocycles. The maximum Gasteiger partial charge on any atom is 0.112 e. The van der Waals surface area contributed by atoms with E-state index in [2.05, 4.69) is 119 Å². The number of rotatable bonds is 9. The molecule has 3 aromatic rings. The molecular formula is C31H41BrNO2P. The maximum absolute atomic E-state index is 10.6. The van der Waals surface area contributed by atoms with Crippen molar-refractivity contribution in [3.63, 3.8) is 0 Å². The fourth-order valence-electron chi connectivity index (χ4n) is 5.88. The van der Waals surface area contributed by atoms with Gasteiger partial charge in [0, 0.05) is 17.7 Å². The summed E-state index contributed by atoms with van der Waals surface area (Å²) in [7, 11) is -1.77. The second kappa shape index (κ2) is 12.3. The highest BCUT2D eigenvalue weighted by Gasteiger charge is 2.46. The molecule has 0 bridgehead atoms. The number of ether oxygens (including phenoxy) is 1. The van der Waals surface area contributed by atoms with Gasteiger partial charge in [-0.25, -0.2) is 0 Å². The van der Waals surface area contributed by atoms with Crippen LogP contribution in [0.2, 0.25) is 0 Å². The van der Waals surface area contributed by atoms with Crippen molar-refractivity contribution in [2.45, 2.75) is 70.6 Å². The lowest BCUT2D eigenvalue weighted by Crippen LogP contribution is -3.00. The minimum absolute atomic E-state index is 0. The first-order valence-electron chi connectivity index (χ1n) is 12.9. The highest BCUT2D eigenvalue weighted by Crippen LogP contribution is 2.55. The molecule has 3 aromatic carbocycles. The fraction of sp³-hybridized carbons (Fsp3) is 0.419. The average molecular weight is 571 g/mol. The zero-order valence-electron chi connectivity index (χ0n) is 22.1. The van der Waals surface area contributed by atoms with Crippen LogP contribution in [-0.2, 0) is 4.74 Å². The van der Waals surface area contributed by atoms with Crippen molar-refractivity contribution in [3.8, 4) is 0 Å². The van der Waals surface area contributed by atoms with Gasteiger partial charge >= 0.3 is 0 Å². The normalized spacial score (nSPS) is 17.9. The van der Waals surface area contributed by atoms with E-state index in [0.29, 0.717) is 0 Å². The molecule has 5 heteroatoms. The SMILES string of the molecule is CC1(C)CC(OCCCC[P+](c2ccccc2)(c2ccccc2)c2ccccc2)CC(C)(C)N1O.[Br-]. The summed E-state index contributed by atoms with van der Waals surface area (Å²) in [4.78, 5) is 0. The van der Waals surface area contributed by atoms with Crippen LogP contribution in [-0.4, -0.2) is 40.2 Å². The van der Waals surface area contributed by atoms with Crippen molar-refractivity contribution in [2.75, 3.05) is 12.8 Å². The van der Waals surface area contributed by atoms with Crippen LogP contribution in [0.25, 0.3) is 0 Å². The van der Waals surface area contributed by atoms with E-state index in [0.717, 1.165) is 38.5 Å². The summed E-state index contributed by atoms with van der Waals surface area (Å²) in [6.45, 7) is 9.16. The van der Waals surface area contributed by atoms with E-state index in [1.54, 1.807) is 0 Å². The summed E-state index contributed by atoms with van der Waals surface area (Å²) in [6, 6.07) is 33.3. The molecule has 1 N–H and O–H groups in total. The number of hydroxylamine groups is 2. The maximum atomic E-state index is 10.6. The Bertz CT molecular complexity index is 945. The van der Waals surface area contributed by atoms with Gasteiger partial charge in [0.15, 0.2) is 0 Å². The van der Waals surface area contributed by atoms with Gasteiger partial charge in [-0.3, -0.25) is 0 Å². The third-order valence-corrected chi connectivity index (χ3v) is 12.0. The van der Waals surface area contributed by atoms with Crippen molar-refractivity contribution in [1.29, 1.82) is 0 Å². The molecule has 1 heterocycles. The minimum atomic E-state index is -1.77. The predicted molar refractivity (Wildman–Crippen MR) is 150 cm³/mol. The number of hydrogen-bond acceptors (Lipinski definition) is 3. The van der Waals surface area contributed by atoms with E-state index in [-0.39, 0.29) is 34.2 Å². The number of hydrogen-bond donors (Lipinski definition) is 1. The summed E-state index contributed by atoms with van der Waals surface area (Å²) >= 11 is 0. The Labute approximate surface area is 229 Å². The van der Waals surface area contributed by atoms with Gasteiger partial charge in [-0.1, -0.05) is 54.6 Å². The first-order valence-corrected chi connectivity index (χ1v) is 14.9. The third kappa shape index (κ3) is 6.29. The number of unbranched alkanes of at least 4 members (excludes halogenated alkanes) is 1. The molecule has 194 valence electrons. The molecule has 36 heavy (non-hydrogen) atoms. The number of halogens is 1. The third-order valence-electron chi connectivity index (χ3n) is 7.43. The molecule has 0 atom stereocenters. The lowest BCUT2D eigenvalue weighted by molar-refractivity contribution is -0.261. The van der Waals surface area contributed by atoms with Crippen molar-refractivity contribution in [1.82, 2.24) is 5.06 Å². The monoisotopic (exact) mass is 569 g/mol. The number of nitrogens with zero attached hydrogens (tertiary/aromatic N) is 1. The van der Waals surface area contributed by atoms with Crippen LogP contribution in [0.5, 0.6) is 0 Å². The van der Waals surface area contributed by atoms with Crippen LogP contribution in [0.3, 0.4) is 0 Å². The average Bonchev–Trinajstić information content (AvgIpc) is 2.86. The van der Waals surface area contributed by atoms with E-state index in [4.69, 9.17) is 4.74 Å². The Hall–Kier alpha value is -1.55. The van der Waals surface area contributed by atoms with E-state index in [1.165, 1.54) is 21.0 Å². The van der Waals surface area contributed by atoms with Crippen LogP contribution in [0, 0.1) is 0 Å². The zero-order chi connectivity index (χ0) is 24.9. The largest absolute Gasteiger partial charge is 1.00 e. The van der Waals surface area contributed by atoms with E-state index >= 15 is 0 Å². The van der Waals surface area contributed by atoms with E-state index in [1.807, 2.05) is 0 Å². The molecule has 0 unspecified atom stereocenters. The molecule has 4 rings (SSSR count). The molecular weight excluding hydrogens is 529 g/mol. The Kier molecular flexibility index (Phi) is 9.94. The standard InChI is InChI=1S/C31H41NO2P.BrH/c1-30(2)24-26(25-31(3,4)32(30)33)34-22-14-15-23-35(27-16-8-5-9-17-27,28-18-10-6-11-19-28)29-20-12-7-13-21-29;/h5-13,16-21,26,33H,14-15,22-25H2,1-4H3;1H/q+1;/p-1. The summed E-state index contributed by atoms with van der Waals surface area (Å²) in [5.74, 6) is 0. The highest BCUT2D eigenvalue weighted by atomic mass is 79.9. The Balaban J connectivity index is 0.00000361. The molecule has 1 fully saturated rings. The summed E-state index contributed by atoms with van der Waals surface area (Å²) in [5, 5.41) is 16.4. The van der Waals surface area contributed by atoms with Crippen LogP contribution in [0.15, 0.2) is 91.0 Å². The fourth-order valence-corrected chi connectivity index (χ4v) is 10.3. The van der Waals surface area contributed by atoms with Crippen molar-refractivity contribution < 1.29 is 26.9 Å². The molecule has 3 nitrogen and oxygen atoms in total. The predicted octanol–water partition coefficient (Wildman–Crippen LogP) is 3.19. The van der Waals surface area contributed by atoms with Crippen LogP contribution >= 0.6 is 7.26 Å². The minimum Gasteiger partial charge on any atom is -1.00 e. The second-order valence-electron chi connectivity index (χ2n) is 11.1. The van der Waals surface area contributed by atoms with Gasteiger partial charge < -0.3 is 26.9 Å². The van der Waals surface area contributed by atoms with Crippen LogP contribution in [0.4, 0.5) is 0 Å². The lowest BCUT2D eigenvalue weighted by Gasteiger charge is -2.51. The van der Waals surface area contributed by atoms with Gasteiger partial charge in [-0.2, -0.15) is 5.06 Å². The summed E-state index contributed by atoms with van der Waals surface area (Å²) < 4.78 is 6.41. The molecule has 0 aromatic heterocycles. The van der Waals surface area contributed by atoms with Gasteiger partial charge in [-0.05, 0) is 89.8 Å². The van der Waals surface area contributed by atoms with E-state index < -0.39 is 7.26 Å². The van der Waals surface area contributed by atoms with Crippen molar-refractivity contribution in [2.24, 2.45) is 0 Å². The van der Waals surface area contributed by atoms with Crippen LogP contribution < -0.4 is 32.9 Å². The molecule has 0 aliphatic carbocycles. The van der Waals surface area contributed by atoms with Gasteiger partial charge in [0.2, 0.25) is 0 Å². The van der Waals surface area contributed by atoms with Crippen molar-refractivity contribution >= 4 is 23.2 Å². The Morgan fingerprint density at radius 1 is 0.722 bits per heavy atom. The van der Waals surface area contributed by atoms with Gasteiger partial charge in [-0.15, -0.1) is 0 Å². The molecule has 0 amide bonds. The molecule has 1 saturated heterocycles. The van der Waals surface area contributed by atoms with Gasteiger partial charge in [0.25, 0.3) is 0 Å². The van der Waals surface area contributed by atoms with Crippen molar-refractivity contribution in [3.05, 3.63) is 91.0 Å². The molecule has 0 spiro atoms. The first-order chi connectivity index (χ1) is 16.8. The summed E-state index contributed by atoms with van der Waals surface area (Å²) in [5.41, 5.74) is -0.554. The summed E-state index contributed by atoms with van der Waals surface area (Å²) in [6.07, 6.45) is 5.15. The number of piperidine rings is 1. The molecule has 1 aliphatic rings. The topological polar surface area (TPSA) is 32.7 Å². The second-order valence-corrected chi connectivity index (χ2v) is 14.7. The van der Waals surface area contributed by atoms with Gasteiger partial charge in [0.1, 0.15) is 23.2 Å². The number of benzene rings is 3.